The Balaban J connectivity index is 1.65. The van der Waals surface area contributed by atoms with Crippen molar-refractivity contribution in [1.82, 2.24) is 4.90 Å². The first-order chi connectivity index (χ1) is 12.3. The molecule has 0 spiro atoms. The predicted molar refractivity (Wildman–Crippen MR) is 99.6 cm³/mol. The van der Waals surface area contributed by atoms with Crippen LogP contribution < -0.4 is 0 Å². The molecule has 2 atom stereocenters. The summed E-state index contributed by atoms with van der Waals surface area (Å²) in [6, 6.07) is 18.9. The number of benzene rings is 2. The minimum Gasteiger partial charge on any atom is -0.384 e. The van der Waals surface area contributed by atoms with E-state index in [4.69, 9.17) is 4.74 Å². The summed E-state index contributed by atoms with van der Waals surface area (Å²) in [5.41, 5.74) is 2.84. The van der Waals surface area contributed by atoms with Crippen molar-refractivity contribution in [2.45, 2.75) is 24.9 Å². The maximum Gasteiger partial charge on any atom is 0.0979 e. The van der Waals surface area contributed by atoms with Gasteiger partial charge in [-0.2, -0.15) is 0 Å². The van der Waals surface area contributed by atoms with E-state index in [0.717, 1.165) is 51.3 Å². The van der Waals surface area contributed by atoms with Crippen LogP contribution in [0.25, 0.3) is 0 Å². The predicted octanol–water partition coefficient (Wildman–Crippen LogP) is 3.01. The van der Waals surface area contributed by atoms with Crippen molar-refractivity contribution in [1.29, 1.82) is 0 Å². The van der Waals surface area contributed by atoms with Gasteiger partial charge in [-0.15, -0.1) is 0 Å². The summed E-state index contributed by atoms with van der Waals surface area (Å²) in [6.07, 6.45) is 2.78. The maximum atomic E-state index is 11.9. The number of hydrogen-bond acceptors (Lipinski definition) is 3. The van der Waals surface area contributed by atoms with Crippen molar-refractivity contribution in [2.75, 3.05) is 32.8 Å². The molecule has 132 valence electrons. The molecule has 25 heavy (non-hydrogen) atoms. The molecule has 2 aliphatic rings. The van der Waals surface area contributed by atoms with Gasteiger partial charge in [0.2, 0.25) is 0 Å². The fourth-order valence-electron chi connectivity index (χ4n) is 4.43. The van der Waals surface area contributed by atoms with E-state index >= 15 is 0 Å². The first kappa shape index (κ1) is 16.8. The van der Waals surface area contributed by atoms with Crippen LogP contribution in [-0.2, 0) is 23.2 Å². The van der Waals surface area contributed by atoms with Crippen LogP contribution in [-0.4, -0.2) is 42.9 Å². The molecule has 1 aliphatic heterocycles. The zero-order chi connectivity index (χ0) is 17.1. The first-order valence-electron chi connectivity index (χ1n) is 9.40. The lowest BCUT2D eigenvalue weighted by atomic mass is 9.68. The Morgan fingerprint density at radius 1 is 1.00 bits per heavy atom. The number of nitrogens with zero attached hydrogens (tertiary/aromatic N) is 1. The first-order valence-corrected chi connectivity index (χ1v) is 9.40. The molecule has 1 fully saturated rings. The molecule has 1 heterocycles. The zero-order valence-electron chi connectivity index (χ0n) is 14.7. The summed E-state index contributed by atoms with van der Waals surface area (Å²) < 4.78 is 5.49. The minimum absolute atomic E-state index is 0.251. The summed E-state index contributed by atoms with van der Waals surface area (Å²) in [5, 5.41) is 11.9. The maximum absolute atomic E-state index is 11.9. The average Bonchev–Trinajstić information content (AvgIpc) is 2.66. The average molecular weight is 337 g/mol. The second-order valence-corrected chi connectivity index (χ2v) is 7.39. The van der Waals surface area contributed by atoms with E-state index in [1.54, 1.807) is 0 Å². The van der Waals surface area contributed by atoms with Crippen molar-refractivity contribution in [3.63, 3.8) is 0 Å². The van der Waals surface area contributed by atoms with Crippen molar-refractivity contribution < 1.29 is 9.84 Å². The highest BCUT2D eigenvalue weighted by Crippen LogP contribution is 2.42. The van der Waals surface area contributed by atoms with E-state index in [9.17, 15) is 5.11 Å². The van der Waals surface area contributed by atoms with Crippen LogP contribution in [0.5, 0.6) is 0 Å². The second kappa shape index (κ2) is 7.28. The Kier molecular flexibility index (Phi) is 4.89. The van der Waals surface area contributed by atoms with Crippen molar-refractivity contribution in [2.24, 2.45) is 5.92 Å². The van der Waals surface area contributed by atoms with Crippen molar-refractivity contribution in [3.05, 3.63) is 71.3 Å². The van der Waals surface area contributed by atoms with E-state index in [1.165, 1.54) is 11.1 Å². The van der Waals surface area contributed by atoms with Gasteiger partial charge in [0.05, 0.1) is 18.8 Å². The Morgan fingerprint density at radius 2 is 1.72 bits per heavy atom. The van der Waals surface area contributed by atoms with Crippen molar-refractivity contribution in [3.8, 4) is 0 Å². The number of rotatable bonds is 4. The molecule has 2 unspecified atom stereocenters. The summed E-state index contributed by atoms with van der Waals surface area (Å²) in [7, 11) is 0. The molecular weight excluding hydrogens is 310 g/mol. The van der Waals surface area contributed by atoms with Gasteiger partial charge in [-0.25, -0.2) is 0 Å². The van der Waals surface area contributed by atoms with E-state index in [1.807, 2.05) is 6.07 Å². The minimum atomic E-state index is -0.797. The molecule has 1 saturated heterocycles. The fraction of sp³-hybridized carbons (Fsp3) is 0.455. The topological polar surface area (TPSA) is 32.7 Å². The van der Waals surface area contributed by atoms with Gasteiger partial charge in [-0.3, -0.25) is 4.90 Å². The molecule has 3 heteroatoms. The summed E-state index contributed by atoms with van der Waals surface area (Å²) in [5.74, 6) is 0.251. The third-order valence-corrected chi connectivity index (χ3v) is 5.82. The SMILES string of the molecule is OC1(Cc2ccccc2)c2ccccc2CCC1CN1CCOCC1. The van der Waals surface area contributed by atoms with Gasteiger partial charge in [-0.1, -0.05) is 54.6 Å². The third-order valence-electron chi connectivity index (χ3n) is 5.82. The normalized spacial score (nSPS) is 27.0. The number of ether oxygens (including phenoxy) is 1. The van der Waals surface area contributed by atoms with Gasteiger partial charge >= 0.3 is 0 Å². The number of aliphatic hydroxyl groups is 1. The van der Waals surface area contributed by atoms with Gasteiger partial charge in [-0.05, 0) is 29.5 Å². The molecule has 0 bridgehead atoms. The molecule has 2 aromatic rings. The van der Waals surface area contributed by atoms with Crippen LogP contribution in [0.4, 0.5) is 0 Å². The highest BCUT2D eigenvalue weighted by Gasteiger charge is 2.43. The molecular formula is C22H27NO2. The van der Waals surface area contributed by atoms with E-state index < -0.39 is 5.60 Å². The van der Waals surface area contributed by atoms with Gasteiger partial charge in [0, 0.05) is 32.0 Å². The summed E-state index contributed by atoms with van der Waals surface area (Å²) in [6.45, 7) is 4.50. The van der Waals surface area contributed by atoms with E-state index in [0.29, 0.717) is 6.42 Å². The van der Waals surface area contributed by atoms with Crippen LogP contribution in [0.1, 0.15) is 23.1 Å². The number of aryl methyl sites for hydroxylation is 1. The molecule has 1 aliphatic carbocycles. The van der Waals surface area contributed by atoms with Crippen LogP contribution >= 0.6 is 0 Å². The molecule has 0 radical (unpaired) electrons. The summed E-state index contributed by atoms with van der Waals surface area (Å²) in [4.78, 5) is 2.46. The molecule has 3 nitrogen and oxygen atoms in total. The molecule has 0 saturated carbocycles. The Morgan fingerprint density at radius 3 is 2.52 bits per heavy atom. The van der Waals surface area contributed by atoms with Gasteiger partial charge in [0.1, 0.15) is 0 Å². The number of fused-ring (bicyclic) bond motifs is 1. The molecule has 1 N–H and O–H groups in total. The molecule has 0 amide bonds. The Labute approximate surface area is 150 Å². The standard InChI is InChI=1S/C22H27NO2/c24-22(16-18-6-2-1-3-7-18)20(17-23-12-14-25-15-13-23)11-10-19-8-4-5-9-21(19)22/h1-9,20,24H,10-17H2. The Hall–Kier alpha value is -1.68. The highest BCUT2D eigenvalue weighted by atomic mass is 16.5. The molecule has 4 rings (SSSR count). The lowest BCUT2D eigenvalue weighted by molar-refractivity contribution is -0.0591. The summed E-state index contributed by atoms with van der Waals surface area (Å²) >= 11 is 0. The largest absolute Gasteiger partial charge is 0.384 e. The zero-order valence-corrected chi connectivity index (χ0v) is 14.7. The van der Waals surface area contributed by atoms with Crippen LogP contribution in [0.15, 0.2) is 54.6 Å². The van der Waals surface area contributed by atoms with Gasteiger partial charge < -0.3 is 9.84 Å². The quantitative estimate of drug-likeness (QED) is 0.931. The number of morpholine rings is 1. The monoisotopic (exact) mass is 337 g/mol. The highest BCUT2D eigenvalue weighted by molar-refractivity contribution is 5.37. The van der Waals surface area contributed by atoms with Gasteiger partial charge in [0.15, 0.2) is 0 Å². The van der Waals surface area contributed by atoms with E-state index in [2.05, 4.69) is 53.4 Å². The smallest absolute Gasteiger partial charge is 0.0979 e. The van der Waals surface area contributed by atoms with Gasteiger partial charge in [0.25, 0.3) is 0 Å². The fourth-order valence-corrected chi connectivity index (χ4v) is 4.43. The third kappa shape index (κ3) is 3.50. The lowest BCUT2D eigenvalue weighted by Crippen LogP contribution is -2.49. The Bertz CT molecular complexity index is 696. The molecule has 2 aromatic carbocycles. The second-order valence-electron chi connectivity index (χ2n) is 7.39. The lowest BCUT2D eigenvalue weighted by Gasteiger charge is -2.44. The van der Waals surface area contributed by atoms with Crippen LogP contribution in [0.2, 0.25) is 0 Å². The molecule has 0 aromatic heterocycles. The van der Waals surface area contributed by atoms with Crippen molar-refractivity contribution >= 4 is 0 Å². The van der Waals surface area contributed by atoms with E-state index in [-0.39, 0.29) is 5.92 Å². The van der Waals surface area contributed by atoms with Crippen LogP contribution in [0, 0.1) is 5.92 Å². The number of hydrogen-bond donors (Lipinski definition) is 1. The van der Waals surface area contributed by atoms with Crippen LogP contribution in [0.3, 0.4) is 0 Å².